The van der Waals surface area contributed by atoms with Crippen LogP contribution in [0, 0.1) is 10.1 Å². The van der Waals surface area contributed by atoms with E-state index in [2.05, 4.69) is 0 Å². The molecule has 1 fully saturated rings. The largest absolute Gasteiger partial charge is 0.493 e. The summed E-state index contributed by atoms with van der Waals surface area (Å²) in [5.74, 6) is 1.08. The third kappa shape index (κ3) is 4.90. The number of methoxy groups -OCH3 is 3. The summed E-state index contributed by atoms with van der Waals surface area (Å²) in [7, 11) is 4.70. The van der Waals surface area contributed by atoms with Crippen LogP contribution in [0.15, 0.2) is 36.4 Å². The molecule has 0 radical (unpaired) electrons. The molecule has 0 spiro atoms. The summed E-state index contributed by atoms with van der Waals surface area (Å²) in [6.45, 7) is 0. The molecule has 1 aliphatic rings. The third-order valence-corrected chi connectivity index (χ3v) is 5.66. The summed E-state index contributed by atoms with van der Waals surface area (Å²) >= 11 is 0. The zero-order valence-corrected chi connectivity index (χ0v) is 18.0. The molecule has 2 aromatic rings. The zero-order valence-electron chi connectivity index (χ0n) is 18.0. The first-order chi connectivity index (χ1) is 15.0. The fourth-order valence-corrected chi connectivity index (χ4v) is 4.11. The van der Waals surface area contributed by atoms with Crippen LogP contribution in [-0.4, -0.2) is 38.3 Å². The van der Waals surface area contributed by atoms with Crippen LogP contribution in [-0.2, 0) is 4.74 Å². The summed E-state index contributed by atoms with van der Waals surface area (Å²) in [5.41, 5.74) is 1.12. The van der Waals surface area contributed by atoms with Crippen molar-refractivity contribution < 1.29 is 28.7 Å². The fraction of sp³-hybridized carbons (Fsp3) is 0.435. The number of nitro groups is 1. The Bertz CT molecular complexity index is 926. The van der Waals surface area contributed by atoms with Gasteiger partial charge in [-0.25, -0.2) is 4.79 Å². The van der Waals surface area contributed by atoms with E-state index < -0.39 is 10.9 Å². The van der Waals surface area contributed by atoms with Crippen LogP contribution in [0.5, 0.6) is 17.2 Å². The maximum absolute atomic E-state index is 12.8. The Balaban J connectivity index is 1.90. The molecule has 0 heterocycles. The van der Waals surface area contributed by atoms with Gasteiger partial charge in [0, 0.05) is 23.6 Å². The first-order valence-corrected chi connectivity index (χ1v) is 10.2. The van der Waals surface area contributed by atoms with Crippen molar-refractivity contribution in [2.24, 2.45) is 0 Å². The van der Waals surface area contributed by atoms with Gasteiger partial charge in [-0.1, -0.05) is 18.9 Å². The van der Waals surface area contributed by atoms with Gasteiger partial charge < -0.3 is 18.9 Å². The summed E-state index contributed by atoms with van der Waals surface area (Å²) in [4.78, 5) is 23.1. The Morgan fingerprint density at radius 2 is 1.58 bits per heavy atom. The van der Waals surface area contributed by atoms with Crippen molar-refractivity contribution in [2.45, 2.75) is 44.1 Å². The van der Waals surface area contributed by atoms with E-state index in [-0.39, 0.29) is 23.3 Å². The molecule has 0 aromatic heterocycles. The van der Waals surface area contributed by atoms with Crippen LogP contribution in [0.2, 0.25) is 0 Å². The molecule has 0 unspecified atom stereocenters. The molecule has 0 bridgehead atoms. The normalized spacial score (nSPS) is 18.5. The third-order valence-electron chi connectivity index (χ3n) is 5.66. The van der Waals surface area contributed by atoms with Gasteiger partial charge in [0.1, 0.15) is 6.10 Å². The Hall–Kier alpha value is -3.29. The van der Waals surface area contributed by atoms with E-state index in [9.17, 15) is 14.9 Å². The molecule has 0 N–H and O–H groups in total. The number of benzene rings is 2. The van der Waals surface area contributed by atoms with E-state index in [0.29, 0.717) is 17.2 Å². The van der Waals surface area contributed by atoms with Crippen molar-refractivity contribution in [3.63, 3.8) is 0 Å². The number of nitrogens with zero attached hydrogens (tertiary/aromatic N) is 1. The van der Waals surface area contributed by atoms with Crippen molar-refractivity contribution in [3.05, 3.63) is 57.6 Å². The van der Waals surface area contributed by atoms with Gasteiger partial charge in [-0.05, 0) is 37.5 Å². The van der Waals surface area contributed by atoms with Crippen LogP contribution in [0.3, 0.4) is 0 Å². The summed E-state index contributed by atoms with van der Waals surface area (Å²) < 4.78 is 22.5. The van der Waals surface area contributed by atoms with Gasteiger partial charge in [-0.15, -0.1) is 0 Å². The van der Waals surface area contributed by atoms with Crippen LogP contribution in [0.25, 0.3) is 0 Å². The van der Waals surface area contributed by atoms with Gasteiger partial charge >= 0.3 is 5.97 Å². The van der Waals surface area contributed by atoms with Crippen molar-refractivity contribution in [3.8, 4) is 17.2 Å². The topological polar surface area (TPSA) is 97.1 Å². The average molecular weight is 429 g/mol. The van der Waals surface area contributed by atoms with E-state index in [4.69, 9.17) is 18.9 Å². The van der Waals surface area contributed by atoms with Gasteiger partial charge in [0.25, 0.3) is 5.69 Å². The molecule has 8 heteroatoms. The molecule has 3 rings (SSSR count). The zero-order chi connectivity index (χ0) is 22.4. The number of esters is 1. The highest BCUT2D eigenvalue weighted by atomic mass is 16.6. The minimum atomic E-state index is -0.500. The summed E-state index contributed by atoms with van der Waals surface area (Å²) in [5, 5.41) is 10.9. The van der Waals surface area contributed by atoms with Gasteiger partial charge in [0.05, 0.1) is 31.8 Å². The number of nitro benzene ring substituents is 1. The molecule has 0 saturated heterocycles. The maximum Gasteiger partial charge on any atom is 0.338 e. The summed E-state index contributed by atoms with van der Waals surface area (Å²) in [6, 6.07) is 9.21. The SMILES string of the molecule is COc1ccc([C@H]2CCCCC[C@@H]2OC(=O)c2ccc([N+](=O)[O-])cc2)c(OC)c1OC. The molecular formula is C23H27NO7. The lowest BCUT2D eigenvalue weighted by molar-refractivity contribution is -0.384. The molecule has 1 saturated carbocycles. The molecule has 2 aromatic carbocycles. The number of rotatable bonds is 7. The Morgan fingerprint density at radius 1 is 0.903 bits per heavy atom. The number of carbonyl (C=O) groups is 1. The second-order valence-electron chi connectivity index (χ2n) is 7.42. The molecule has 8 nitrogen and oxygen atoms in total. The number of ether oxygens (including phenoxy) is 4. The van der Waals surface area contributed by atoms with E-state index in [1.807, 2.05) is 12.1 Å². The van der Waals surface area contributed by atoms with E-state index in [0.717, 1.165) is 37.7 Å². The van der Waals surface area contributed by atoms with Crippen LogP contribution in [0.4, 0.5) is 5.69 Å². The highest BCUT2D eigenvalue weighted by molar-refractivity contribution is 5.89. The molecule has 2 atom stereocenters. The maximum atomic E-state index is 12.8. The average Bonchev–Trinajstić information content (AvgIpc) is 3.03. The van der Waals surface area contributed by atoms with Gasteiger partial charge in [0.2, 0.25) is 5.75 Å². The lowest BCUT2D eigenvalue weighted by Gasteiger charge is -2.28. The van der Waals surface area contributed by atoms with E-state index >= 15 is 0 Å². The van der Waals surface area contributed by atoms with E-state index in [1.54, 1.807) is 21.3 Å². The number of hydrogen-bond acceptors (Lipinski definition) is 7. The molecule has 31 heavy (non-hydrogen) atoms. The fourth-order valence-electron chi connectivity index (χ4n) is 4.11. The number of hydrogen-bond donors (Lipinski definition) is 0. The highest BCUT2D eigenvalue weighted by Gasteiger charge is 2.32. The van der Waals surface area contributed by atoms with Gasteiger partial charge in [-0.3, -0.25) is 10.1 Å². The van der Waals surface area contributed by atoms with Crippen molar-refractivity contribution >= 4 is 11.7 Å². The predicted molar refractivity (Wildman–Crippen MR) is 114 cm³/mol. The minimum Gasteiger partial charge on any atom is -0.493 e. The van der Waals surface area contributed by atoms with Crippen LogP contribution in [0.1, 0.15) is 53.9 Å². The molecular weight excluding hydrogens is 402 g/mol. The smallest absolute Gasteiger partial charge is 0.338 e. The highest BCUT2D eigenvalue weighted by Crippen LogP contribution is 2.46. The molecule has 166 valence electrons. The Labute approximate surface area is 181 Å². The first kappa shape index (κ1) is 22.4. The molecule has 0 aliphatic heterocycles. The Kier molecular flexibility index (Phi) is 7.33. The predicted octanol–water partition coefficient (Wildman–Crippen LogP) is 4.89. The van der Waals surface area contributed by atoms with Gasteiger partial charge in [0.15, 0.2) is 11.5 Å². The van der Waals surface area contributed by atoms with Crippen molar-refractivity contribution in [2.75, 3.05) is 21.3 Å². The second-order valence-corrected chi connectivity index (χ2v) is 7.42. The van der Waals surface area contributed by atoms with Crippen molar-refractivity contribution in [1.29, 1.82) is 0 Å². The Morgan fingerprint density at radius 3 is 2.19 bits per heavy atom. The minimum absolute atomic E-state index is 0.0701. The monoisotopic (exact) mass is 429 g/mol. The lowest BCUT2D eigenvalue weighted by atomic mass is 9.88. The number of non-ortho nitro benzene ring substituents is 1. The van der Waals surface area contributed by atoms with E-state index in [1.165, 1.54) is 24.3 Å². The molecule has 0 amide bonds. The number of carbonyl (C=O) groups excluding carboxylic acids is 1. The first-order valence-electron chi connectivity index (χ1n) is 10.2. The second kappa shape index (κ2) is 10.1. The van der Waals surface area contributed by atoms with Gasteiger partial charge in [-0.2, -0.15) is 0 Å². The lowest BCUT2D eigenvalue weighted by Crippen LogP contribution is -2.25. The van der Waals surface area contributed by atoms with Crippen LogP contribution < -0.4 is 14.2 Å². The van der Waals surface area contributed by atoms with Crippen LogP contribution >= 0.6 is 0 Å². The quantitative estimate of drug-likeness (QED) is 0.267. The standard InChI is InChI=1S/C23H27NO7/c1-28-20-14-13-18(21(29-2)22(20)30-3)17-7-5-4-6-8-19(17)31-23(25)15-9-11-16(12-10-15)24(26)27/h9-14,17,19H,4-8H2,1-3H3/t17-,19+/m1/s1. The summed E-state index contributed by atoms with van der Waals surface area (Å²) in [6.07, 6.45) is 4.22. The van der Waals surface area contributed by atoms with Crippen molar-refractivity contribution in [1.82, 2.24) is 0 Å². The molecule has 1 aliphatic carbocycles.